The minimum Gasteiger partial charge on any atom is -0.465 e. The van der Waals surface area contributed by atoms with E-state index in [9.17, 15) is 9.59 Å². The molecule has 0 aliphatic carbocycles. The normalized spacial score (nSPS) is 10.8. The fraction of sp³-hybridized carbons (Fsp3) is 0.111. The Morgan fingerprint density at radius 3 is 2.58 bits per heavy atom. The fourth-order valence-corrected chi connectivity index (χ4v) is 4.36. The van der Waals surface area contributed by atoms with Crippen LogP contribution >= 0.6 is 38.9 Å². The van der Waals surface area contributed by atoms with E-state index in [0.717, 1.165) is 19.4 Å². The second-order valence-corrected chi connectivity index (χ2v) is 7.77. The third kappa shape index (κ3) is 2.99. The third-order valence-electron chi connectivity index (χ3n) is 3.69. The van der Waals surface area contributed by atoms with Crippen LogP contribution in [0.5, 0.6) is 0 Å². The molecule has 0 amide bonds. The number of ketones is 1. The van der Waals surface area contributed by atoms with Crippen molar-refractivity contribution in [3.05, 3.63) is 67.5 Å². The van der Waals surface area contributed by atoms with Gasteiger partial charge in [-0.05, 0) is 43.3 Å². The van der Waals surface area contributed by atoms with Crippen molar-refractivity contribution in [1.29, 1.82) is 0 Å². The number of thiophene rings is 1. The van der Waals surface area contributed by atoms with Crippen molar-refractivity contribution in [3.8, 4) is 0 Å². The molecule has 0 fully saturated rings. The molecule has 0 atom stereocenters. The maximum absolute atomic E-state index is 13.0. The second kappa shape index (κ2) is 6.67. The van der Waals surface area contributed by atoms with E-state index in [1.54, 1.807) is 30.3 Å². The number of ether oxygens (including phenoxy) is 1. The van der Waals surface area contributed by atoms with Crippen LogP contribution in [0.25, 0.3) is 10.1 Å². The van der Waals surface area contributed by atoms with E-state index in [1.165, 1.54) is 18.4 Å². The third-order valence-corrected chi connectivity index (χ3v) is 5.58. The van der Waals surface area contributed by atoms with E-state index in [2.05, 4.69) is 15.9 Å². The minimum atomic E-state index is -0.430. The van der Waals surface area contributed by atoms with Crippen LogP contribution in [0, 0.1) is 6.92 Å². The van der Waals surface area contributed by atoms with Crippen LogP contribution in [0.2, 0.25) is 5.02 Å². The zero-order valence-electron chi connectivity index (χ0n) is 12.9. The molecule has 1 aromatic heterocycles. The highest BCUT2D eigenvalue weighted by molar-refractivity contribution is 9.10. The van der Waals surface area contributed by atoms with Gasteiger partial charge in [0.2, 0.25) is 0 Å². The van der Waals surface area contributed by atoms with Crippen LogP contribution < -0.4 is 0 Å². The number of hydrogen-bond acceptors (Lipinski definition) is 4. The number of hydrogen-bond donors (Lipinski definition) is 0. The number of benzene rings is 2. The van der Waals surface area contributed by atoms with Crippen LogP contribution in [0.1, 0.15) is 31.2 Å². The molecule has 3 rings (SSSR count). The van der Waals surface area contributed by atoms with Crippen molar-refractivity contribution in [2.24, 2.45) is 0 Å². The summed E-state index contributed by atoms with van der Waals surface area (Å²) in [6, 6.07) is 10.4. The summed E-state index contributed by atoms with van der Waals surface area (Å²) in [7, 11) is 1.33. The van der Waals surface area contributed by atoms with E-state index in [0.29, 0.717) is 21.7 Å². The highest BCUT2D eigenvalue weighted by Gasteiger charge is 2.21. The molecule has 2 aromatic carbocycles. The summed E-state index contributed by atoms with van der Waals surface area (Å²) >= 11 is 11.1. The Kier molecular flexibility index (Phi) is 4.76. The highest BCUT2D eigenvalue weighted by atomic mass is 79.9. The molecule has 0 spiro atoms. The van der Waals surface area contributed by atoms with Gasteiger partial charge in [-0.25, -0.2) is 4.79 Å². The monoisotopic (exact) mass is 422 g/mol. The summed E-state index contributed by atoms with van der Waals surface area (Å²) < 4.78 is 6.51. The van der Waals surface area contributed by atoms with Crippen molar-refractivity contribution in [2.45, 2.75) is 6.92 Å². The summed E-state index contributed by atoms with van der Waals surface area (Å²) in [6.45, 7) is 1.89. The number of esters is 1. The smallest absolute Gasteiger partial charge is 0.337 e. The Morgan fingerprint density at radius 2 is 1.92 bits per heavy atom. The number of aryl methyl sites for hydroxylation is 1. The number of carbonyl (C=O) groups is 2. The maximum Gasteiger partial charge on any atom is 0.337 e. The molecule has 6 heteroatoms. The molecule has 1 heterocycles. The number of carbonyl (C=O) groups excluding carboxylic acids is 2. The molecular formula is C18H12BrClO3S. The molecule has 24 heavy (non-hydrogen) atoms. The van der Waals surface area contributed by atoms with Crippen LogP contribution in [0.15, 0.2) is 40.9 Å². The molecule has 3 aromatic rings. The Bertz CT molecular complexity index is 978. The quantitative estimate of drug-likeness (QED) is 0.404. The summed E-state index contributed by atoms with van der Waals surface area (Å²) in [4.78, 5) is 25.7. The number of halogens is 2. The molecule has 0 aliphatic rings. The van der Waals surface area contributed by atoms with Gasteiger partial charge in [0.1, 0.15) is 0 Å². The van der Waals surface area contributed by atoms with Crippen molar-refractivity contribution in [3.63, 3.8) is 0 Å². The standard InChI is InChI=1S/C18H12BrClO3S/c1-9-16(17(21)12-5-4-11(19)8-14(12)20)13-7-10(18(22)23-2)3-6-15(13)24-9/h3-8H,1-2H3. The lowest BCUT2D eigenvalue weighted by Gasteiger charge is -2.06. The van der Waals surface area contributed by atoms with Gasteiger partial charge in [-0.2, -0.15) is 0 Å². The van der Waals surface area contributed by atoms with Gasteiger partial charge in [0.05, 0.1) is 17.7 Å². The van der Waals surface area contributed by atoms with Gasteiger partial charge in [-0.15, -0.1) is 11.3 Å². The summed E-state index contributed by atoms with van der Waals surface area (Å²) in [5, 5.41) is 1.13. The van der Waals surface area contributed by atoms with Crippen molar-refractivity contribution in [1.82, 2.24) is 0 Å². The van der Waals surface area contributed by atoms with Gasteiger partial charge in [0.15, 0.2) is 5.78 Å². The predicted octanol–water partition coefficient (Wildman–Crippen LogP) is 5.64. The lowest BCUT2D eigenvalue weighted by atomic mass is 9.99. The van der Waals surface area contributed by atoms with Crippen LogP contribution in [-0.2, 0) is 4.74 Å². The molecule has 0 saturated heterocycles. The zero-order valence-corrected chi connectivity index (χ0v) is 16.0. The Labute approximate surface area is 156 Å². The van der Waals surface area contributed by atoms with Gasteiger partial charge < -0.3 is 4.74 Å². The first-order chi connectivity index (χ1) is 11.4. The Hall–Kier alpha value is -1.69. The first-order valence-electron chi connectivity index (χ1n) is 7.03. The van der Waals surface area contributed by atoms with Crippen molar-refractivity contribution >= 4 is 60.7 Å². The van der Waals surface area contributed by atoms with Crippen molar-refractivity contribution < 1.29 is 14.3 Å². The van der Waals surface area contributed by atoms with E-state index >= 15 is 0 Å². The average Bonchev–Trinajstić information content (AvgIpc) is 2.88. The molecule has 0 saturated carbocycles. The van der Waals surface area contributed by atoms with E-state index in [1.807, 2.05) is 13.0 Å². The molecule has 0 radical (unpaired) electrons. The topological polar surface area (TPSA) is 43.4 Å². The molecule has 0 bridgehead atoms. The minimum absolute atomic E-state index is 0.154. The first kappa shape index (κ1) is 17.1. The van der Waals surface area contributed by atoms with Gasteiger partial charge in [0, 0.05) is 30.6 Å². The zero-order chi connectivity index (χ0) is 17.4. The second-order valence-electron chi connectivity index (χ2n) is 5.19. The molecule has 0 aliphatic heterocycles. The lowest BCUT2D eigenvalue weighted by Crippen LogP contribution is -2.04. The van der Waals surface area contributed by atoms with Gasteiger partial charge in [0.25, 0.3) is 0 Å². The number of fused-ring (bicyclic) bond motifs is 1. The molecule has 3 nitrogen and oxygen atoms in total. The van der Waals surface area contributed by atoms with E-state index in [4.69, 9.17) is 16.3 Å². The summed E-state index contributed by atoms with van der Waals surface area (Å²) in [6.07, 6.45) is 0. The van der Waals surface area contributed by atoms with Crippen LogP contribution in [-0.4, -0.2) is 18.9 Å². The fourth-order valence-electron chi connectivity index (χ4n) is 2.56. The van der Waals surface area contributed by atoms with Crippen LogP contribution in [0.4, 0.5) is 0 Å². The lowest BCUT2D eigenvalue weighted by molar-refractivity contribution is 0.0600. The Morgan fingerprint density at radius 1 is 1.17 bits per heavy atom. The highest BCUT2D eigenvalue weighted by Crippen LogP contribution is 2.35. The molecule has 122 valence electrons. The van der Waals surface area contributed by atoms with Gasteiger partial charge in [-0.1, -0.05) is 27.5 Å². The SMILES string of the molecule is COC(=O)c1ccc2sc(C)c(C(=O)c3ccc(Br)cc3Cl)c2c1. The number of rotatable bonds is 3. The van der Waals surface area contributed by atoms with Crippen molar-refractivity contribution in [2.75, 3.05) is 7.11 Å². The molecule has 0 unspecified atom stereocenters. The Balaban J connectivity index is 2.19. The molecule has 0 N–H and O–H groups in total. The maximum atomic E-state index is 13.0. The summed E-state index contributed by atoms with van der Waals surface area (Å²) in [5.41, 5.74) is 1.43. The largest absolute Gasteiger partial charge is 0.465 e. The average molecular weight is 424 g/mol. The first-order valence-corrected chi connectivity index (χ1v) is 9.02. The van der Waals surface area contributed by atoms with Gasteiger partial charge >= 0.3 is 5.97 Å². The molecular weight excluding hydrogens is 412 g/mol. The summed E-state index contributed by atoms with van der Waals surface area (Å²) in [5.74, 6) is -0.584. The predicted molar refractivity (Wildman–Crippen MR) is 100 cm³/mol. The van der Waals surface area contributed by atoms with Gasteiger partial charge in [-0.3, -0.25) is 4.79 Å². The number of methoxy groups -OCH3 is 1. The van der Waals surface area contributed by atoms with E-state index in [-0.39, 0.29) is 5.78 Å². The van der Waals surface area contributed by atoms with E-state index < -0.39 is 5.97 Å². The van der Waals surface area contributed by atoms with Crippen LogP contribution in [0.3, 0.4) is 0 Å².